The van der Waals surface area contributed by atoms with Crippen molar-refractivity contribution in [1.29, 1.82) is 0 Å². The van der Waals surface area contributed by atoms with Gasteiger partial charge in [-0.05, 0) is 36.3 Å². The van der Waals surface area contributed by atoms with Gasteiger partial charge >= 0.3 is 0 Å². The van der Waals surface area contributed by atoms with E-state index in [0.29, 0.717) is 6.54 Å². The fourth-order valence-electron chi connectivity index (χ4n) is 2.80. The number of halogens is 1. The minimum Gasteiger partial charge on any atom is -0.356 e. The lowest BCUT2D eigenvalue weighted by Gasteiger charge is -2.26. The quantitative estimate of drug-likeness (QED) is 0.352. The molecule has 0 spiro atoms. The largest absolute Gasteiger partial charge is 0.356 e. The third kappa shape index (κ3) is 7.76. The Morgan fingerprint density at radius 2 is 1.88 bits per heavy atom. The molecule has 0 fully saturated rings. The summed E-state index contributed by atoms with van der Waals surface area (Å²) in [5.74, 6) is 0.831. The zero-order valence-corrected chi connectivity index (χ0v) is 18.7. The number of nitrogens with zero attached hydrogens (tertiary/aromatic N) is 3. The van der Waals surface area contributed by atoms with Crippen LogP contribution in [0, 0.1) is 5.41 Å². The fourth-order valence-corrected chi connectivity index (χ4v) is 2.80. The van der Waals surface area contributed by atoms with E-state index >= 15 is 0 Å². The third-order valence-corrected chi connectivity index (χ3v) is 4.48. The van der Waals surface area contributed by atoms with Crippen LogP contribution in [0.3, 0.4) is 0 Å². The Kier molecular flexibility index (Phi) is 9.69. The molecule has 0 radical (unpaired) electrons. The van der Waals surface area contributed by atoms with Crippen molar-refractivity contribution in [2.45, 2.75) is 39.7 Å². The highest BCUT2D eigenvalue weighted by atomic mass is 127. The number of hydrogen-bond donors (Lipinski definition) is 2. The van der Waals surface area contributed by atoms with E-state index in [9.17, 15) is 0 Å². The lowest BCUT2D eigenvalue weighted by atomic mass is 9.86. The maximum absolute atomic E-state index is 4.31. The summed E-state index contributed by atoms with van der Waals surface area (Å²) in [5, 5.41) is 11.0. The van der Waals surface area contributed by atoms with Crippen molar-refractivity contribution in [3.8, 4) is 0 Å². The van der Waals surface area contributed by atoms with Gasteiger partial charge in [0, 0.05) is 26.8 Å². The zero-order valence-electron chi connectivity index (χ0n) is 16.3. The molecule has 0 aliphatic heterocycles. The molecule has 0 saturated carbocycles. The molecule has 2 N–H and O–H groups in total. The Labute approximate surface area is 174 Å². The minimum atomic E-state index is 0. The van der Waals surface area contributed by atoms with Crippen molar-refractivity contribution in [2.24, 2.45) is 17.5 Å². The van der Waals surface area contributed by atoms with Gasteiger partial charge in [-0.15, -0.1) is 24.0 Å². The zero-order chi connectivity index (χ0) is 18.1. The van der Waals surface area contributed by atoms with Gasteiger partial charge in [0.05, 0.1) is 12.2 Å². The molecule has 6 heteroatoms. The van der Waals surface area contributed by atoms with E-state index in [4.69, 9.17) is 0 Å². The first-order chi connectivity index (χ1) is 12.0. The van der Waals surface area contributed by atoms with Crippen LogP contribution in [0.5, 0.6) is 0 Å². The molecular formula is C20H32IN5. The van der Waals surface area contributed by atoms with Gasteiger partial charge in [-0.3, -0.25) is 9.67 Å². The van der Waals surface area contributed by atoms with Crippen LogP contribution >= 0.6 is 24.0 Å². The van der Waals surface area contributed by atoms with Crippen LogP contribution in [0.2, 0.25) is 0 Å². The van der Waals surface area contributed by atoms with Crippen LogP contribution in [0.15, 0.2) is 47.6 Å². The summed E-state index contributed by atoms with van der Waals surface area (Å²) >= 11 is 0. The first kappa shape index (κ1) is 22.5. The molecule has 0 aliphatic carbocycles. The van der Waals surface area contributed by atoms with Crippen molar-refractivity contribution >= 4 is 29.9 Å². The number of aliphatic imine (C=N–C) groups is 1. The van der Waals surface area contributed by atoms with Crippen LogP contribution in [0.1, 0.15) is 37.9 Å². The molecule has 0 unspecified atom stereocenters. The molecule has 0 aliphatic rings. The molecule has 1 heterocycles. The van der Waals surface area contributed by atoms with Crippen molar-refractivity contribution < 1.29 is 0 Å². The number of hydrogen-bond acceptors (Lipinski definition) is 2. The predicted molar refractivity (Wildman–Crippen MR) is 120 cm³/mol. The van der Waals surface area contributed by atoms with Crippen molar-refractivity contribution in [1.82, 2.24) is 20.4 Å². The summed E-state index contributed by atoms with van der Waals surface area (Å²) in [6.07, 6.45) is 5.31. The molecular weight excluding hydrogens is 437 g/mol. The third-order valence-electron chi connectivity index (χ3n) is 4.48. The lowest BCUT2D eigenvalue weighted by molar-refractivity contribution is 0.323. The van der Waals surface area contributed by atoms with Crippen molar-refractivity contribution in [2.75, 3.05) is 13.6 Å². The first-order valence-electron chi connectivity index (χ1n) is 8.95. The SMILES string of the molecule is CN=C(NCc1ccnn1C)NCC(C)(C)CCCc1ccccc1.I. The summed E-state index contributed by atoms with van der Waals surface area (Å²) in [5.41, 5.74) is 2.77. The number of aromatic nitrogens is 2. The average molecular weight is 469 g/mol. The van der Waals surface area contributed by atoms with Gasteiger partial charge in [0.2, 0.25) is 0 Å². The molecule has 0 bridgehead atoms. The van der Waals surface area contributed by atoms with Gasteiger partial charge in [-0.1, -0.05) is 44.2 Å². The predicted octanol–water partition coefficient (Wildman–Crippen LogP) is 3.75. The Balaban J connectivity index is 0.00000338. The Morgan fingerprint density at radius 1 is 1.15 bits per heavy atom. The second-order valence-corrected chi connectivity index (χ2v) is 7.23. The molecule has 2 rings (SSSR count). The minimum absolute atomic E-state index is 0. The van der Waals surface area contributed by atoms with Gasteiger partial charge in [-0.2, -0.15) is 5.10 Å². The maximum atomic E-state index is 4.31. The standard InChI is InChI=1S/C20H31N5.HI/c1-20(2,13-8-11-17-9-6-5-7-10-17)16-23-19(21-3)22-15-18-12-14-24-25(18)4;/h5-7,9-10,12,14H,8,11,13,15-16H2,1-4H3,(H2,21,22,23);1H. The van der Waals surface area contributed by atoms with E-state index in [1.54, 1.807) is 7.05 Å². The number of nitrogens with one attached hydrogen (secondary N) is 2. The normalized spacial score (nSPS) is 11.8. The second kappa shape index (κ2) is 11.2. The van der Waals surface area contributed by atoms with Crippen molar-refractivity contribution in [3.05, 3.63) is 53.9 Å². The van der Waals surface area contributed by atoms with Crippen LogP contribution in [0.4, 0.5) is 0 Å². The lowest BCUT2D eigenvalue weighted by Crippen LogP contribution is -2.42. The Bertz CT molecular complexity index is 664. The van der Waals surface area contributed by atoms with E-state index in [0.717, 1.165) is 24.6 Å². The Hall–Kier alpha value is -1.57. The molecule has 0 amide bonds. The van der Waals surface area contributed by atoms with Gasteiger partial charge < -0.3 is 10.6 Å². The highest BCUT2D eigenvalue weighted by Crippen LogP contribution is 2.22. The second-order valence-electron chi connectivity index (χ2n) is 7.23. The van der Waals surface area contributed by atoms with E-state index in [-0.39, 0.29) is 29.4 Å². The summed E-state index contributed by atoms with van der Waals surface area (Å²) in [6, 6.07) is 12.7. The smallest absolute Gasteiger partial charge is 0.191 e. The van der Waals surface area contributed by atoms with Gasteiger partial charge in [-0.25, -0.2) is 0 Å². The summed E-state index contributed by atoms with van der Waals surface area (Å²) < 4.78 is 1.87. The molecule has 5 nitrogen and oxygen atoms in total. The van der Waals surface area contributed by atoms with Gasteiger partial charge in [0.25, 0.3) is 0 Å². The van der Waals surface area contributed by atoms with Crippen LogP contribution in [0.25, 0.3) is 0 Å². The first-order valence-corrected chi connectivity index (χ1v) is 8.95. The highest BCUT2D eigenvalue weighted by Gasteiger charge is 2.18. The highest BCUT2D eigenvalue weighted by molar-refractivity contribution is 14.0. The molecule has 0 atom stereocenters. The van der Waals surface area contributed by atoms with Crippen LogP contribution < -0.4 is 10.6 Å². The monoisotopic (exact) mass is 469 g/mol. The maximum Gasteiger partial charge on any atom is 0.191 e. The molecule has 1 aromatic carbocycles. The number of guanidine groups is 1. The van der Waals surface area contributed by atoms with Crippen LogP contribution in [-0.2, 0) is 20.0 Å². The molecule has 26 heavy (non-hydrogen) atoms. The number of aryl methyl sites for hydroxylation is 2. The molecule has 1 aromatic heterocycles. The molecule has 2 aromatic rings. The Morgan fingerprint density at radius 3 is 2.50 bits per heavy atom. The van der Waals surface area contributed by atoms with E-state index < -0.39 is 0 Å². The fraction of sp³-hybridized carbons (Fsp3) is 0.500. The van der Waals surface area contributed by atoms with E-state index in [1.807, 2.05) is 24.0 Å². The summed E-state index contributed by atoms with van der Waals surface area (Å²) in [6.45, 7) is 6.22. The van der Waals surface area contributed by atoms with Crippen LogP contribution in [-0.4, -0.2) is 29.3 Å². The molecule has 0 saturated heterocycles. The van der Waals surface area contributed by atoms with Crippen molar-refractivity contribution in [3.63, 3.8) is 0 Å². The van der Waals surface area contributed by atoms with E-state index in [2.05, 4.69) is 64.9 Å². The topological polar surface area (TPSA) is 54.2 Å². The van der Waals surface area contributed by atoms with E-state index in [1.165, 1.54) is 18.4 Å². The van der Waals surface area contributed by atoms with Gasteiger partial charge in [0.15, 0.2) is 5.96 Å². The molecule has 144 valence electrons. The average Bonchev–Trinajstić information content (AvgIpc) is 3.01. The number of benzene rings is 1. The summed E-state index contributed by atoms with van der Waals surface area (Å²) in [7, 11) is 3.75. The summed E-state index contributed by atoms with van der Waals surface area (Å²) in [4.78, 5) is 4.31. The number of rotatable bonds is 8. The van der Waals surface area contributed by atoms with Gasteiger partial charge in [0.1, 0.15) is 0 Å².